The van der Waals surface area contributed by atoms with Crippen molar-refractivity contribution < 1.29 is 9.84 Å². The highest BCUT2D eigenvalue weighted by Gasteiger charge is 2.17. The molecular weight excluding hydrogens is 232 g/mol. The molecule has 1 aliphatic heterocycles. The number of hydrogen-bond acceptors (Lipinski definition) is 4. The number of nitrogens with zero attached hydrogens (tertiary/aromatic N) is 3. The Kier molecular flexibility index (Phi) is 3.99. The van der Waals surface area contributed by atoms with Gasteiger partial charge in [0.1, 0.15) is 11.4 Å². The number of morpholine rings is 1. The fourth-order valence-corrected chi connectivity index (χ4v) is 1.83. The minimum atomic E-state index is 0.143. The van der Waals surface area contributed by atoms with Crippen LogP contribution in [0.5, 0.6) is 5.75 Å². The molecule has 0 spiro atoms. The number of nitrogens with two attached hydrogens (primary N) is 1. The normalized spacial score (nSPS) is 21.1. The standard InChI is InChI=1S/C12H18N4O2/c1-9-8-16(5-6-18-9)12(13)15-7-10-11(17)3-2-4-14-10/h2-4,9,17H,5-8H2,1H3,(H2,13,15). The van der Waals surface area contributed by atoms with Crippen molar-refractivity contribution in [1.82, 2.24) is 9.88 Å². The highest BCUT2D eigenvalue weighted by Crippen LogP contribution is 2.13. The fourth-order valence-electron chi connectivity index (χ4n) is 1.83. The van der Waals surface area contributed by atoms with Crippen LogP contribution < -0.4 is 5.73 Å². The summed E-state index contributed by atoms with van der Waals surface area (Å²) >= 11 is 0. The van der Waals surface area contributed by atoms with Crippen LogP contribution in [0, 0.1) is 0 Å². The molecule has 1 saturated heterocycles. The van der Waals surface area contributed by atoms with Crippen LogP contribution >= 0.6 is 0 Å². The maximum Gasteiger partial charge on any atom is 0.191 e. The second-order valence-electron chi connectivity index (χ2n) is 4.27. The molecule has 18 heavy (non-hydrogen) atoms. The largest absolute Gasteiger partial charge is 0.506 e. The predicted octanol–water partition coefficient (Wildman–Crippen LogP) is 0.323. The van der Waals surface area contributed by atoms with Crippen LogP contribution in [-0.2, 0) is 11.3 Å². The number of guanidine groups is 1. The van der Waals surface area contributed by atoms with Crippen molar-refractivity contribution in [2.75, 3.05) is 19.7 Å². The van der Waals surface area contributed by atoms with Gasteiger partial charge in [-0.05, 0) is 19.1 Å². The first-order valence-corrected chi connectivity index (χ1v) is 5.96. The minimum Gasteiger partial charge on any atom is -0.506 e. The van der Waals surface area contributed by atoms with E-state index in [2.05, 4.69) is 9.98 Å². The van der Waals surface area contributed by atoms with Crippen molar-refractivity contribution in [2.24, 2.45) is 10.7 Å². The van der Waals surface area contributed by atoms with Crippen LogP contribution in [0.1, 0.15) is 12.6 Å². The van der Waals surface area contributed by atoms with E-state index in [1.54, 1.807) is 18.3 Å². The fraction of sp³-hybridized carbons (Fsp3) is 0.500. The summed E-state index contributed by atoms with van der Waals surface area (Å²) in [6.45, 7) is 4.43. The molecule has 0 saturated carbocycles. The molecule has 0 bridgehead atoms. The van der Waals surface area contributed by atoms with Gasteiger partial charge in [0.25, 0.3) is 0 Å². The van der Waals surface area contributed by atoms with Gasteiger partial charge in [-0.15, -0.1) is 0 Å². The molecule has 0 aromatic carbocycles. The average molecular weight is 250 g/mol. The molecule has 6 heteroatoms. The van der Waals surface area contributed by atoms with Crippen molar-refractivity contribution in [3.8, 4) is 5.75 Å². The number of rotatable bonds is 2. The maximum absolute atomic E-state index is 9.57. The molecule has 0 aliphatic carbocycles. The van der Waals surface area contributed by atoms with E-state index >= 15 is 0 Å². The lowest BCUT2D eigenvalue weighted by molar-refractivity contribution is 0.00528. The quantitative estimate of drug-likeness (QED) is 0.583. The Bertz CT molecular complexity index is 436. The van der Waals surface area contributed by atoms with Crippen LogP contribution in [0.15, 0.2) is 23.3 Å². The van der Waals surface area contributed by atoms with E-state index in [-0.39, 0.29) is 18.4 Å². The minimum absolute atomic E-state index is 0.143. The van der Waals surface area contributed by atoms with Crippen LogP contribution in [0.25, 0.3) is 0 Å². The molecule has 1 aromatic rings. The summed E-state index contributed by atoms with van der Waals surface area (Å²) in [6, 6.07) is 3.26. The number of hydrogen-bond donors (Lipinski definition) is 2. The number of aromatic nitrogens is 1. The highest BCUT2D eigenvalue weighted by atomic mass is 16.5. The monoisotopic (exact) mass is 250 g/mol. The van der Waals surface area contributed by atoms with E-state index in [4.69, 9.17) is 10.5 Å². The Morgan fingerprint density at radius 1 is 1.72 bits per heavy atom. The summed E-state index contributed by atoms with van der Waals surface area (Å²) < 4.78 is 5.44. The predicted molar refractivity (Wildman–Crippen MR) is 68.2 cm³/mol. The van der Waals surface area contributed by atoms with Crippen LogP contribution in [0.2, 0.25) is 0 Å². The molecule has 1 unspecified atom stereocenters. The van der Waals surface area contributed by atoms with E-state index in [9.17, 15) is 5.11 Å². The lowest BCUT2D eigenvalue weighted by Crippen LogP contribution is -2.47. The Hall–Kier alpha value is -1.82. The summed E-state index contributed by atoms with van der Waals surface area (Å²) in [5, 5.41) is 9.57. The third-order valence-electron chi connectivity index (χ3n) is 2.82. The van der Waals surface area contributed by atoms with Crippen molar-refractivity contribution in [3.05, 3.63) is 24.0 Å². The van der Waals surface area contributed by atoms with E-state index in [1.807, 2.05) is 11.8 Å². The average Bonchev–Trinajstić information content (AvgIpc) is 2.37. The molecule has 2 rings (SSSR count). The van der Waals surface area contributed by atoms with E-state index in [0.717, 1.165) is 13.1 Å². The molecule has 0 radical (unpaired) electrons. The Morgan fingerprint density at radius 3 is 3.28 bits per heavy atom. The third kappa shape index (κ3) is 3.10. The molecule has 1 aliphatic rings. The van der Waals surface area contributed by atoms with E-state index in [1.165, 1.54) is 0 Å². The van der Waals surface area contributed by atoms with Gasteiger partial charge >= 0.3 is 0 Å². The zero-order chi connectivity index (χ0) is 13.0. The summed E-state index contributed by atoms with van der Waals surface area (Å²) in [5.74, 6) is 0.611. The number of pyridine rings is 1. The topological polar surface area (TPSA) is 84.0 Å². The second-order valence-corrected chi connectivity index (χ2v) is 4.27. The van der Waals surface area contributed by atoms with Gasteiger partial charge in [-0.1, -0.05) is 0 Å². The van der Waals surface area contributed by atoms with Crippen LogP contribution in [0.4, 0.5) is 0 Å². The van der Waals surface area contributed by atoms with Gasteiger partial charge in [0.2, 0.25) is 0 Å². The van der Waals surface area contributed by atoms with E-state index < -0.39 is 0 Å². The number of aromatic hydroxyl groups is 1. The summed E-state index contributed by atoms with van der Waals surface area (Å²) in [4.78, 5) is 10.3. The van der Waals surface area contributed by atoms with E-state index in [0.29, 0.717) is 18.3 Å². The summed E-state index contributed by atoms with van der Waals surface area (Å²) in [5.41, 5.74) is 6.45. The number of aliphatic imine (C=N–C) groups is 1. The van der Waals surface area contributed by atoms with Crippen molar-refractivity contribution in [3.63, 3.8) is 0 Å². The first-order chi connectivity index (χ1) is 8.66. The van der Waals surface area contributed by atoms with Gasteiger partial charge in [-0.3, -0.25) is 4.98 Å². The van der Waals surface area contributed by atoms with Crippen LogP contribution in [0.3, 0.4) is 0 Å². The maximum atomic E-state index is 9.57. The third-order valence-corrected chi connectivity index (χ3v) is 2.82. The zero-order valence-corrected chi connectivity index (χ0v) is 10.4. The first kappa shape index (κ1) is 12.6. The Labute approximate surface area is 106 Å². The van der Waals surface area contributed by atoms with Gasteiger partial charge in [0.05, 0.1) is 19.3 Å². The SMILES string of the molecule is CC1CN(C(N)=NCc2ncccc2O)CCO1. The zero-order valence-electron chi connectivity index (χ0n) is 10.4. The molecule has 1 fully saturated rings. The summed E-state index contributed by atoms with van der Waals surface area (Å²) in [7, 11) is 0. The van der Waals surface area contributed by atoms with Crippen molar-refractivity contribution >= 4 is 5.96 Å². The molecule has 98 valence electrons. The molecule has 0 amide bonds. The smallest absolute Gasteiger partial charge is 0.191 e. The Morgan fingerprint density at radius 2 is 2.56 bits per heavy atom. The summed E-state index contributed by atoms with van der Waals surface area (Å²) in [6.07, 6.45) is 1.79. The van der Waals surface area contributed by atoms with Gasteiger partial charge in [0.15, 0.2) is 5.96 Å². The molecule has 3 N–H and O–H groups in total. The van der Waals surface area contributed by atoms with Gasteiger partial charge in [-0.25, -0.2) is 4.99 Å². The van der Waals surface area contributed by atoms with Crippen molar-refractivity contribution in [1.29, 1.82) is 0 Å². The molecule has 1 atom stereocenters. The van der Waals surface area contributed by atoms with Crippen molar-refractivity contribution in [2.45, 2.75) is 19.6 Å². The lowest BCUT2D eigenvalue weighted by Gasteiger charge is -2.31. The van der Waals surface area contributed by atoms with Crippen LogP contribution in [-0.4, -0.2) is 46.8 Å². The molecule has 6 nitrogen and oxygen atoms in total. The molecule has 1 aromatic heterocycles. The Balaban J connectivity index is 1.98. The lowest BCUT2D eigenvalue weighted by atomic mass is 10.3. The first-order valence-electron chi connectivity index (χ1n) is 5.96. The highest BCUT2D eigenvalue weighted by molar-refractivity contribution is 5.78. The molecular formula is C12H18N4O2. The second kappa shape index (κ2) is 5.68. The van der Waals surface area contributed by atoms with Gasteiger partial charge in [0, 0.05) is 19.3 Å². The number of ether oxygens (including phenoxy) is 1. The van der Waals surface area contributed by atoms with Gasteiger partial charge < -0.3 is 20.5 Å². The van der Waals surface area contributed by atoms with Gasteiger partial charge in [-0.2, -0.15) is 0 Å². The molecule has 2 heterocycles.